The van der Waals surface area contributed by atoms with Crippen molar-refractivity contribution in [1.29, 1.82) is 0 Å². The first-order valence-electron chi connectivity index (χ1n) is 9.46. The number of ketones is 1. The maximum atomic E-state index is 12.2. The highest BCUT2D eigenvalue weighted by Gasteiger charge is 2.26. The van der Waals surface area contributed by atoms with Crippen LogP contribution in [0.15, 0.2) is 30.3 Å². The number of benzene rings is 2. The Morgan fingerprint density at radius 3 is 2.04 bits per heavy atom. The van der Waals surface area contributed by atoms with Crippen LogP contribution in [0.3, 0.4) is 0 Å². The van der Waals surface area contributed by atoms with E-state index in [-0.39, 0.29) is 16.6 Å². The van der Waals surface area contributed by atoms with Crippen LogP contribution in [0.1, 0.15) is 75.5 Å². The molecule has 0 aromatic heterocycles. The van der Waals surface area contributed by atoms with Gasteiger partial charge in [-0.3, -0.25) is 4.79 Å². The molecule has 0 aliphatic carbocycles. The molecule has 0 heterocycles. The van der Waals surface area contributed by atoms with Gasteiger partial charge < -0.3 is 4.74 Å². The first-order chi connectivity index (χ1) is 12.3. The SMILES string of the molecule is COc1c(Pc2ccc(C)cc2C(C)=O)cc(C(C)(C)C)cc1C(C)(C)C. The first-order valence-corrected chi connectivity index (χ1v) is 10.5. The van der Waals surface area contributed by atoms with Crippen LogP contribution in [-0.2, 0) is 10.8 Å². The zero-order valence-corrected chi connectivity index (χ0v) is 19.2. The lowest BCUT2D eigenvalue weighted by molar-refractivity contribution is 0.101. The molecule has 0 bridgehead atoms. The number of carbonyl (C=O) groups excluding carboxylic acids is 1. The average Bonchev–Trinajstić information content (AvgIpc) is 2.53. The Hall–Kier alpha value is -1.66. The second-order valence-electron chi connectivity index (χ2n) is 9.33. The summed E-state index contributed by atoms with van der Waals surface area (Å²) in [6.07, 6.45) is 0. The fourth-order valence-corrected chi connectivity index (χ4v) is 4.55. The number of carbonyl (C=O) groups is 1. The molecule has 0 fully saturated rings. The van der Waals surface area contributed by atoms with Crippen LogP contribution in [-0.4, -0.2) is 12.9 Å². The van der Waals surface area contributed by atoms with E-state index in [0.717, 1.165) is 22.2 Å². The molecule has 2 rings (SSSR count). The van der Waals surface area contributed by atoms with Crippen molar-refractivity contribution in [3.63, 3.8) is 0 Å². The Balaban J connectivity index is 2.71. The highest BCUT2D eigenvalue weighted by molar-refractivity contribution is 7.56. The van der Waals surface area contributed by atoms with Gasteiger partial charge in [0.2, 0.25) is 0 Å². The molecule has 0 spiro atoms. The average molecular weight is 385 g/mol. The highest BCUT2D eigenvalue weighted by atomic mass is 31.1. The van der Waals surface area contributed by atoms with E-state index in [1.165, 1.54) is 16.4 Å². The van der Waals surface area contributed by atoms with Crippen molar-refractivity contribution in [2.75, 3.05) is 7.11 Å². The van der Waals surface area contributed by atoms with E-state index in [9.17, 15) is 4.79 Å². The molecule has 2 aromatic carbocycles. The predicted molar refractivity (Wildman–Crippen MR) is 119 cm³/mol. The minimum absolute atomic E-state index is 0.0253. The quantitative estimate of drug-likeness (QED) is 0.519. The van der Waals surface area contributed by atoms with Crippen molar-refractivity contribution >= 4 is 25.0 Å². The molecule has 0 amide bonds. The van der Waals surface area contributed by atoms with E-state index in [4.69, 9.17) is 4.74 Å². The molecule has 2 aromatic rings. The molecule has 0 aliphatic rings. The van der Waals surface area contributed by atoms with E-state index < -0.39 is 0 Å². The highest BCUT2D eigenvalue weighted by Crippen LogP contribution is 2.37. The van der Waals surface area contributed by atoms with Crippen LogP contribution in [0.25, 0.3) is 0 Å². The molecule has 27 heavy (non-hydrogen) atoms. The third-order valence-electron chi connectivity index (χ3n) is 4.79. The summed E-state index contributed by atoms with van der Waals surface area (Å²) in [5.41, 5.74) is 4.46. The van der Waals surface area contributed by atoms with Crippen molar-refractivity contribution in [2.45, 2.75) is 66.2 Å². The van der Waals surface area contributed by atoms with E-state index in [2.05, 4.69) is 65.8 Å². The minimum atomic E-state index is -0.0253. The third kappa shape index (κ3) is 4.99. The van der Waals surface area contributed by atoms with Gasteiger partial charge >= 0.3 is 0 Å². The minimum Gasteiger partial charge on any atom is -0.496 e. The summed E-state index contributed by atoms with van der Waals surface area (Å²) in [7, 11) is 2.12. The molecule has 1 unspecified atom stereocenters. The first kappa shape index (κ1) is 21.6. The van der Waals surface area contributed by atoms with Gasteiger partial charge in [-0.25, -0.2) is 0 Å². The van der Waals surface area contributed by atoms with Crippen molar-refractivity contribution in [1.82, 2.24) is 0 Å². The van der Waals surface area contributed by atoms with Gasteiger partial charge in [0.05, 0.1) is 7.11 Å². The summed E-state index contributed by atoms with van der Waals surface area (Å²) in [5, 5.41) is 2.25. The van der Waals surface area contributed by atoms with E-state index in [1.807, 2.05) is 13.0 Å². The van der Waals surface area contributed by atoms with Gasteiger partial charge in [0.1, 0.15) is 5.75 Å². The second kappa shape index (κ2) is 7.76. The predicted octanol–water partition coefficient (Wildman–Crippen LogP) is 5.43. The van der Waals surface area contributed by atoms with Gasteiger partial charge in [-0.15, -0.1) is 0 Å². The molecule has 3 heteroatoms. The zero-order chi connectivity index (χ0) is 20.6. The van der Waals surface area contributed by atoms with Gasteiger partial charge in [-0.1, -0.05) is 73.9 Å². The van der Waals surface area contributed by atoms with Crippen molar-refractivity contribution < 1.29 is 9.53 Å². The fraction of sp³-hybridized carbons (Fsp3) is 0.458. The largest absolute Gasteiger partial charge is 0.496 e. The Morgan fingerprint density at radius 2 is 1.56 bits per heavy atom. The van der Waals surface area contributed by atoms with Crippen LogP contribution in [0.5, 0.6) is 5.75 Å². The van der Waals surface area contributed by atoms with Gasteiger partial charge in [-0.2, -0.15) is 0 Å². The smallest absolute Gasteiger partial charge is 0.160 e. The van der Waals surface area contributed by atoms with Crippen LogP contribution in [0, 0.1) is 6.92 Å². The number of rotatable bonds is 4. The summed E-state index contributed by atoms with van der Waals surface area (Å²) in [5.74, 6) is 1.06. The molecule has 0 radical (unpaired) electrons. The lowest BCUT2D eigenvalue weighted by atomic mass is 9.80. The van der Waals surface area contributed by atoms with E-state index in [0.29, 0.717) is 8.58 Å². The van der Waals surface area contributed by atoms with Gasteiger partial charge in [0.15, 0.2) is 5.78 Å². The Labute approximate surface area is 166 Å². The molecule has 0 saturated heterocycles. The number of hydrogen-bond acceptors (Lipinski definition) is 2. The number of aryl methyl sites for hydroxylation is 1. The molecule has 146 valence electrons. The Bertz CT molecular complexity index is 852. The summed E-state index contributed by atoms with van der Waals surface area (Å²) < 4.78 is 5.89. The monoisotopic (exact) mass is 384 g/mol. The van der Waals surface area contributed by atoms with Crippen LogP contribution in [0.2, 0.25) is 0 Å². The van der Waals surface area contributed by atoms with Crippen molar-refractivity contribution in [3.8, 4) is 5.75 Å². The lowest BCUT2D eigenvalue weighted by Crippen LogP contribution is -2.23. The summed E-state index contributed by atoms with van der Waals surface area (Å²) in [4.78, 5) is 12.2. The number of methoxy groups -OCH3 is 1. The lowest BCUT2D eigenvalue weighted by Gasteiger charge is -2.29. The fourth-order valence-electron chi connectivity index (χ4n) is 3.14. The topological polar surface area (TPSA) is 26.3 Å². The Morgan fingerprint density at radius 1 is 0.926 bits per heavy atom. The van der Waals surface area contributed by atoms with E-state index in [1.54, 1.807) is 14.0 Å². The standard InChI is InChI=1S/C24H33O2P/c1-15-10-11-20(18(12-15)16(2)25)27-21-14-17(23(3,4)5)13-19(22(21)26-9)24(6,7)8/h10-14,27H,1-9H3. The molecule has 0 N–H and O–H groups in total. The van der Waals surface area contributed by atoms with E-state index >= 15 is 0 Å². The molecular formula is C24H33O2P. The zero-order valence-electron chi connectivity index (χ0n) is 18.2. The summed E-state index contributed by atoms with van der Waals surface area (Å²) >= 11 is 0. The summed E-state index contributed by atoms with van der Waals surface area (Å²) in [6.45, 7) is 17.0. The molecule has 0 saturated carbocycles. The van der Waals surface area contributed by atoms with Crippen molar-refractivity contribution in [3.05, 3.63) is 52.6 Å². The van der Waals surface area contributed by atoms with Crippen LogP contribution < -0.4 is 15.3 Å². The van der Waals surface area contributed by atoms with Gasteiger partial charge in [0, 0.05) is 16.4 Å². The number of hydrogen-bond donors (Lipinski definition) is 0. The number of ether oxygens (including phenoxy) is 1. The maximum Gasteiger partial charge on any atom is 0.160 e. The summed E-state index contributed by atoms with van der Waals surface area (Å²) in [6, 6.07) is 10.7. The van der Waals surface area contributed by atoms with Gasteiger partial charge in [0.25, 0.3) is 0 Å². The normalized spacial score (nSPS) is 12.6. The maximum absolute atomic E-state index is 12.2. The molecule has 2 nitrogen and oxygen atoms in total. The molecular weight excluding hydrogens is 351 g/mol. The number of Topliss-reactive ketones (excluding diaryl/α,β-unsaturated/α-hetero) is 1. The Kier molecular flexibility index (Phi) is 6.22. The van der Waals surface area contributed by atoms with Gasteiger partial charge in [-0.05, 0) is 47.7 Å². The van der Waals surface area contributed by atoms with Crippen LogP contribution in [0.4, 0.5) is 0 Å². The molecule has 1 atom stereocenters. The third-order valence-corrected chi connectivity index (χ3v) is 6.14. The van der Waals surface area contributed by atoms with Crippen LogP contribution >= 0.6 is 8.58 Å². The second-order valence-corrected chi connectivity index (χ2v) is 10.7. The molecule has 0 aliphatic heterocycles. The van der Waals surface area contributed by atoms with Crippen molar-refractivity contribution in [2.24, 2.45) is 0 Å².